The first-order chi connectivity index (χ1) is 16.5. The van der Waals surface area contributed by atoms with Crippen LogP contribution in [-0.4, -0.2) is 40.2 Å². The van der Waals surface area contributed by atoms with Gasteiger partial charge >= 0.3 is 0 Å². The standard InChI is InChI=1S/C28H36N4OS/c1-5-23(6-2)32-15-13-20(14-16-32)26-18-29-27-12-9-22(17-25(26)27)31-28(34)30-21-7-10-24(11-8-21)33-19(3)4/h7-13,17-19,23,29H,5-6,14-16H2,1-4H3,(H2,30,31,34). The van der Waals surface area contributed by atoms with E-state index in [1.54, 1.807) is 0 Å². The van der Waals surface area contributed by atoms with Gasteiger partial charge in [0.15, 0.2) is 5.11 Å². The Bertz CT molecular complexity index is 1140. The first kappa shape index (κ1) is 24.3. The van der Waals surface area contributed by atoms with E-state index >= 15 is 0 Å². The van der Waals surface area contributed by atoms with E-state index in [9.17, 15) is 0 Å². The molecular weight excluding hydrogens is 440 g/mol. The number of nitrogens with one attached hydrogen (secondary N) is 3. The number of benzene rings is 2. The lowest BCUT2D eigenvalue weighted by molar-refractivity contribution is 0.205. The highest BCUT2D eigenvalue weighted by molar-refractivity contribution is 7.80. The van der Waals surface area contributed by atoms with Gasteiger partial charge in [-0.3, -0.25) is 4.90 Å². The molecule has 2 aromatic carbocycles. The van der Waals surface area contributed by atoms with E-state index < -0.39 is 0 Å². The summed E-state index contributed by atoms with van der Waals surface area (Å²) in [6.45, 7) is 10.8. The molecule has 0 unspecified atom stereocenters. The predicted molar refractivity (Wildman–Crippen MR) is 149 cm³/mol. The van der Waals surface area contributed by atoms with Crippen LogP contribution in [0.1, 0.15) is 52.5 Å². The third-order valence-corrected chi connectivity index (χ3v) is 6.67. The van der Waals surface area contributed by atoms with Crippen molar-refractivity contribution in [2.45, 2.75) is 59.1 Å². The van der Waals surface area contributed by atoms with E-state index in [-0.39, 0.29) is 6.10 Å². The van der Waals surface area contributed by atoms with Crippen molar-refractivity contribution in [3.63, 3.8) is 0 Å². The molecule has 0 bridgehead atoms. The van der Waals surface area contributed by atoms with Gasteiger partial charge in [-0.1, -0.05) is 19.9 Å². The maximum Gasteiger partial charge on any atom is 0.175 e. The summed E-state index contributed by atoms with van der Waals surface area (Å²) in [5.74, 6) is 0.852. The van der Waals surface area contributed by atoms with Crippen molar-refractivity contribution < 1.29 is 4.74 Å². The quantitative estimate of drug-likeness (QED) is 0.304. The smallest absolute Gasteiger partial charge is 0.175 e. The molecule has 2 heterocycles. The Labute approximate surface area is 208 Å². The molecular formula is C28H36N4OS. The number of thiocarbonyl (C=S) groups is 1. The third-order valence-electron chi connectivity index (χ3n) is 6.47. The Kier molecular flexibility index (Phi) is 7.91. The fourth-order valence-electron chi connectivity index (χ4n) is 4.71. The molecule has 1 aliphatic heterocycles. The topological polar surface area (TPSA) is 52.3 Å². The van der Waals surface area contributed by atoms with Crippen LogP contribution in [-0.2, 0) is 0 Å². The summed E-state index contributed by atoms with van der Waals surface area (Å²) in [5, 5.41) is 8.38. The lowest BCUT2D eigenvalue weighted by Gasteiger charge is -2.33. The number of fused-ring (bicyclic) bond motifs is 1. The van der Waals surface area contributed by atoms with Crippen LogP contribution in [0.4, 0.5) is 11.4 Å². The predicted octanol–water partition coefficient (Wildman–Crippen LogP) is 7.04. The Morgan fingerprint density at radius 2 is 1.76 bits per heavy atom. The molecule has 3 N–H and O–H groups in total. The van der Waals surface area contributed by atoms with Gasteiger partial charge in [-0.05, 0) is 93.4 Å². The van der Waals surface area contributed by atoms with Crippen LogP contribution in [0.15, 0.2) is 54.7 Å². The van der Waals surface area contributed by atoms with Crippen LogP contribution >= 0.6 is 12.2 Å². The summed E-state index contributed by atoms with van der Waals surface area (Å²) in [6.07, 6.45) is 8.21. The van der Waals surface area contributed by atoms with E-state index in [0.717, 1.165) is 42.2 Å². The zero-order chi connectivity index (χ0) is 24.1. The number of rotatable bonds is 8. The monoisotopic (exact) mass is 476 g/mol. The van der Waals surface area contributed by atoms with Crippen molar-refractivity contribution in [1.82, 2.24) is 9.88 Å². The molecule has 3 aromatic rings. The summed E-state index contributed by atoms with van der Waals surface area (Å²) < 4.78 is 5.71. The second-order valence-electron chi connectivity index (χ2n) is 9.18. The summed E-state index contributed by atoms with van der Waals surface area (Å²) in [4.78, 5) is 6.05. The molecule has 1 aliphatic rings. The van der Waals surface area contributed by atoms with Gasteiger partial charge in [-0.25, -0.2) is 0 Å². The van der Waals surface area contributed by atoms with Crippen LogP contribution < -0.4 is 15.4 Å². The minimum Gasteiger partial charge on any atom is -0.491 e. The number of aromatic amines is 1. The lowest BCUT2D eigenvalue weighted by Crippen LogP contribution is -2.37. The number of aromatic nitrogens is 1. The zero-order valence-electron chi connectivity index (χ0n) is 20.7. The summed E-state index contributed by atoms with van der Waals surface area (Å²) >= 11 is 5.56. The van der Waals surface area contributed by atoms with Crippen molar-refractivity contribution >= 4 is 45.2 Å². The van der Waals surface area contributed by atoms with Crippen LogP contribution in [0.5, 0.6) is 5.75 Å². The molecule has 0 aliphatic carbocycles. The molecule has 1 aromatic heterocycles. The molecule has 180 valence electrons. The minimum atomic E-state index is 0.155. The molecule has 0 atom stereocenters. The average molecular weight is 477 g/mol. The molecule has 0 spiro atoms. The van der Waals surface area contributed by atoms with Crippen LogP contribution in [0.3, 0.4) is 0 Å². The molecule has 0 radical (unpaired) electrons. The molecule has 34 heavy (non-hydrogen) atoms. The largest absolute Gasteiger partial charge is 0.491 e. The van der Waals surface area contributed by atoms with Gasteiger partial charge in [0.25, 0.3) is 0 Å². The summed E-state index contributed by atoms with van der Waals surface area (Å²) in [6, 6.07) is 14.9. The first-order valence-corrected chi connectivity index (χ1v) is 12.8. The van der Waals surface area contributed by atoms with Crippen molar-refractivity contribution in [3.05, 3.63) is 60.3 Å². The lowest BCUT2D eigenvalue weighted by atomic mass is 9.97. The zero-order valence-corrected chi connectivity index (χ0v) is 21.5. The Morgan fingerprint density at radius 1 is 1.06 bits per heavy atom. The fourth-order valence-corrected chi connectivity index (χ4v) is 4.95. The number of hydrogen-bond donors (Lipinski definition) is 3. The van der Waals surface area contributed by atoms with Gasteiger partial charge in [0.2, 0.25) is 0 Å². The third kappa shape index (κ3) is 5.80. The van der Waals surface area contributed by atoms with Crippen molar-refractivity contribution in [3.8, 4) is 5.75 Å². The molecule has 0 amide bonds. The molecule has 4 rings (SSSR count). The van der Waals surface area contributed by atoms with Gasteiger partial charge in [0, 0.05) is 53.2 Å². The van der Waals surface area contributed by atoms with Crippen molar-refractivity contribution in [1.29, 1.82) is 0 Å². The summed E-state index contributed by atoms with van der Waals surface area (Å²) in [5.41, 5.74) is 5.76. The molecule has 0 saturated heterocycles. The van der Waals surface area contributed by atoms with E-state index in [1.165, 1.54) is 29.4 Å². The number of ether oxygens (including phenoxy) is 1. The normalized spacial score (nSPS) is 14.5. The first-order valence-electron chi connectivity index (χ1n) is 12.4. The Morgan fingerprint density at radius 3 is 2.41 bits per heavy atom. The highest BCUT2D eigenvalue weighted by atomic mass is 32.1. The molecule has 0 fully saturated rings. The van der Waals surface area contributed by atoms with Crippen molar-refractivity contribution in [2.24, 2.45) is 0 Å². The average Bonchev–Trinajstić information content (AvgIpc) is 3.24. The number of H-pyrrole nitrogens is 1. The minimum absolute atomic E-state index is 0.155. The maximum atomic E-state index is 5.71. The number of nitrogens with zero attached hydrogens (tertiary/aromatic N) is 1. The Hall–Kier alpha value is -2.83. The van der Waals surface area contributed by atoms with E-state index in [0.29, 0.717) is 11.2 Å². The van der Waals surface area contributed by atoms with Crippen LogP contribution in [0.2, 0.25) is 0 Å². The van der Waals surface area contributed by atoms with Crippen molar-refractivity contribution in [2.75, 3.05) is 23.7 Å². The summed E-state index contributed by atoms with van der Waals surface area (Å²) in [7, 11) is 0. The highest BCUT2D eigenvalue weighted by Gasteiger charge is 2.20. The van der Waals surface area contributed by atoms with Gasteiger partial charge < -0.3 is 20.4 Å². The molecule has 6 heteroatoms. The van der Waals surface area contributed by atoms with Gasteiger partial charge in [0.1, 0.15) is 5.75 Å². The van der Waals surface area contributed by atoms with Gasteiger partial charge in [0.05, 0.1) is 6.10 Å². The fraction of sp³-hybridized carbons (Fsp3) is 0.393. The van der Waals surface area contributed by atoms with E-state index in [4.69, 9.17) is 17.0 Å². The number of hydrogen-bond acceptors (Lipinski definition) is 3. The molecule has 5 nitrogen and oxygen atoms in total. The second kappa shape index (κ2) is 11.1. The van der Waals surface area contributed by atoms with E-state index in [1.807, 2.05) is 38.1 Å². The second-order valence-corrected chi connectivity index (χ2v) is 9.59. The van der Waals surface area contributed by atoms with Crippen LogP contribution in [0, 0.1) is 0 Å². The highest BCUT2D eigenvalue weighted by Crippen LogP contribution is 2.32. The van der Waals surface area contributed by atoms with E-state index in [2.05, 4.69) is 64.8 Å². The van der Waals surface area contributed by atoms with Gasteiger partial charge in [-0.2, -0.15) is 0 Å². The van der Waals surface area contributed by atoms with Gasteiger partial charge in [-0.15, -0.1) is 0 Å². The van der Waals surface area contributed by atoms with Crippen LogP contribution in [0.25, 0.3) is 16.5 Å². The number of anilines is 2. The molecule has 0 saturated carbocycles. The maximum absolute atomic E-state index is 5.71. The Balaban J connectivity index is 1.44. The SMILES string of the molecule is CCC(CC)N1CC=C(c2c[nH]c3ccc(NC(=S)Nc4ccc(OC(C)C)cc4)cc23)CC1.